The molecule has 2 rings (SSSR count). The fraction of sp³-hybridized carbons (Fsp3) is 0.562. The Balaban J connectivity index is 2.31. The third-order valence-electron chi connectivity index (χ3n) is 4.26. The molecule has 0 amide bonds. The van der Waals surface area contributed by atoms with Crippen molar-refractivity contribution in [2.45, 2.75) is 26.8 Å². The fourth-order valence-corrected chi connectivity index (χ4v) is 2.70. The van der Waals surface area contributed by atoms with Gasteiger partial charge < -0.3 is 4.90 Å². The molecule has 1 fully saturated rings. The lowest BCUT2D eigenvalue weighted by molar-refractivity contribution is 0.0685. The monoisotopic (exact) mass is 260 g/mol. The zero-order chi connectivity index (χ0) is 14.2. The fourth-order valence-electron chi connectivity index (χ4n) is 2.70. The van der Waals surface area contributed by atoms with Crippen LogP contribution in [0.25, 0.3) is 0 Å². The van der Waals surface area contributed by atoms with Crippen molar-refractivity contribution in [1.29, 1.82) is 0 Å². The second-order valence-electron chi connectivity index (χ2n) is 5.87. The van der Waals surface area contributed by atoms with E-state index < -0.39 is 0 Å². The van der Waals surface area contributed by atoms with Gasteiger partial charge in [0.05, 0.1) is 6.04 Å². The minimum atomic E-state index is -0.0143. The first kappa shape index (κ1) is 14.2. The normalized spacial score (nSPS) is 21.6. The molecule has 1 saturated heterocycles. The quantitative estimate of drug-likeness (QED) is 0.760. The number of hydrogen-bond donors (Lipinski definition) is 0. The summed E-state index contributed by atoms with van der Waals surface area (Å²) in [5.74, 6) is 0.259. The lowest BCUT2D eigenvalue weighted by Gasteiger charge is -2.37. The molecular formula is C16H24N2O. The number of Topliss-reactive ketones (excluding diaryl/α,β-unsaturated/α-hetero) is 1. The van der Waals surface area contributed by atoms with Gasteiger partial charge in [-0.3, -0.25) is 9.69 Å². The molecule has 3 nitrogen and oxygen atoms in total. The van der Waals surface area contributed by atoms with Crippen LogP contribution in [0.5, 0.6) is 0 Å². The molecule has 0 saturated carbocycles. The van der Waals surface area contributed by atoms with E-state index in [9.17, 15) is 4.79 Å². The number of likely N-dealkylation sites (N-methyl/N-ethyl adjacent to an activating group) is 2. The van der Waals surface area contributed by atoms with Crippen LogP contribution < -0.4 is 0 Å². The molecule has 1 atom stereocenters. The van der Waals surface area contributed by atoms with Gasteiger partial charge in [0, 0.05) is 25.2 Å². The standard InChI is InChI=1S/C16H24N2O/c1-11-8-13(3)14(9-12(11)2)16(19)15-10-17(4)6-7-18(15)5/h8-9,15H,6-7,10H2,1-5H3. The van der Waals surface area contributed by atoms with E-state index in [0.29, 0.717) is 0 Å². The van der Waals surface area contributed by atoms with E-state index in [2.05, 4.69) is 42.8 Å². The third-order valence-corrected chi connectivity index (χ3v) is 4.26. The van der Waals surface area contributed by atoms with Crippen molar-refractivity contribution >= 4 is 5.78 Å². The van der Waals surface area contributed by atoms with Gasteiger partial charge >= 0.3 is 0 Å². The molecule has 0 aromatic heterocycles. The van der Waals surface area contributed by atoms with Gasteiger partial charge in [-0.05, 0) is 57.6 Å². The summed E-state index contributed by atoms with van der Waals surface area (Å²) in [5.41, 5.74) is 4.42. The highest BCUT2D eigenvalue weighted by Crippen LogP contribution is 2.19. The average Bonchev–Trinajstić information content (AvgIpc) is 2.36. The van der Waals surface area contributed by atoms with Gasteiger partial charge in [0.2, 0.25) is 0 Å². The molecule has 0 bridgehead atoms. The maximum atomic E-state index is 12.8. The van der Waals surface area contributed by atoms with E-state index in [1.807, 2.05) is 14.0 Å². The van der Waals surface area contributed by atoms with Crippen molar-refractivity contribution in [1.82, 2.24) is 9.80 Å². The Morgan fingerprint density at radius 2 is 1.68 bits per heavy atom. The molecular weight excluding hydrogens is 236 g/mol. The summed E-state index contributed by atoms with van der Waals surface area (Å²) in [7, 11) is 4.13. The molecule has 1 aliphatic rings. The van der Waals surface area contributed by atoms with Crippen LogP contribution in [0.3, 0.4) is 0 Å². The molecule has 1 heterocycles. The van der Waals surface area contributed by atoms with E-state index in [1.165, 1.54) is 11.1 Å². The smallest absolute Gasteiger partial charge is 0.181 e. The van der Waals surface area contributed by atoms with Crippen molar-refractivity contribution in [3.63, 3.8) is 0 Å². The number of rotatable bonds is 2. The van der Waals surface area contributed by atoms with Crippen LogP contribution in [0, 0.1) is 20.8 Å². The van der Waals surface area contributed by atoms with Crippen LogP contribution in [-0.2, 0) is 0 Å². The van der Waals surface area contributed by atoms with Gasteiger partial charge in [-0.15, -0.1) is 0 Å². The zero-order valence-corrected chi connectivity index (χ0v) is 12.7. The van der Waals surface area contributed by atoms with Crippen molar-refractivity contribution in [2.75, 3.05) is 33.7 Å². The molecule has 104 valence electrons. The van der Waals surface area contributed by atoms with Crippen LogP contribution in [0.4, 0.5) is 0 Å². The number of aryl methyl sites for hydroxylation is 3. The molecule has 0 aliphatic carbocycles. The average molecular weight is 260 g/mol. The number of nitrogens with zero attached hydrogens (tertiary/aromatic N) is 2. The Bertz CT molecular complexity index is 496. The van der Waals surface area contributed by atoms with E-state index in [4.69, 9.17) is 0 Å². The summed E-state index contributed by atoms with van der Waals surface area (Å²) in [4.78, 5) is 17.2. The maximum absolute atomic E-state index is 12.8. The first-order valence-corrected chi connectivity index (χ1v) is 6.91. The number of carbonyl (C=O) groups excluding carboxylic acids is 1. The summed E-state index contributed by atoms with van der Waals surface area (Å²) in [5, 5.41) is 0. The summed E-state index contributed by atoms with van der Waals surface area (Å²) in [6.07, 6.45) is 0. The molecule has 0 radical (unpaired) electrons. The summed E-state index contributed by atoms with van der Waals surface area (Å²) >= 11 is 0. The molecule has 19 heavy (non-hydrogen) atoms. The van der Waals surface area contributed by atoms with E-state index in [1.54, 1.807) is 0 Å². The van der Waals surface area contributed by atoms with Crippen molar-refractivity contribution in [3.05, 3.63) is 34.4 Å². The number of carbonyl (C=O) groups is 1. The molecule has 1 aromatic rings. The van der Waals surface area contributed by atoms with E-state index >= 15 is 0 Å². The number of hydrogen-bond acceptors (Lipinski definition) is 3. The van der Waals surface area contributed by atoms with Crippen LogP contribution in [0.2, 0.25) is 0 Å². The number of ketones is 1. The van der Waals surface area contributed by atoms with Crippen LogP contribution in [-0.4, -0.2) is 55.4 Å². The predicted octanol–water partition coefficient (Wildman–Crippen LogP) is 2.04. The van der Waals surface area contributed by atoms with E-state index in [0.717, 1.165) is 30.8 Å². The lowest BCUT2D eigenvalue weighted by atomic mass is 9.93. The first-order valence-electron chi connectivity index (χ1n) is 6.91. The van der Waals surface area contributed by atoms with Gasteiger partial charge in [0.1, 0.15) is 0 Å². The van der Waals surface area contributed by atoms with Gasteiger partial charge in [0.15, 0.2) is 5.78 Å². The second kappa shape index (κ2) is 5.43. The first-order chi connectivity index (χ1) is 8.90. The van der Waals surface area contributed by atoms with E-state index in [-0.39, 0.29) is 11.8 Å². The Labute approximate surface area is 116 Å². The van der Waals surface area contributed by atoms with Gasteiger partial charge in [0.25, 0.3) is 0 Å². The zero-order valence-electron chi connectivity index (χ0n) is 12.7. The Morgan fingerprint density at radius 1 is 1.05 bits per heavy atom. The molecule has 1 aliphatic heterocycles. The van der Waals surface area contributed by atoms with Gasteiger partial charge in [-0.2, -0.15) is 0 Å². The molecule has 0 N–H and O–H groups in total. The number of piperazine rings is 1. The summed E-state index contributed by atoms with van der Waals surface area (Å²) in [6.45, 7) is 9.01. The lowest BCUT2D eigenvalue weighted by Crippen LogP contribution is -2.53. The highest BCUT2D eigenvalue weighted by atomic mass is 16.1. The van der Waals surface area contributed by atoms with Gasteiger partial charge in [-0.25, -0.2) is 0 Å². The third kappa shape index (κ3) is 2.88. The minimum Gasteiger partial charge on any atom is -0.303 e. The summed E-state index contributed by atoms with van der Waals surface area (Å²) in [6, 6.07) is 4.16. The minimum absolute atomic E-state index is 0.0143. The molecule has 1 aromatic carbocycles. The molecule has 3 heteroatoms. The van der Waals surface area contributed by atoms with Crippen LogP contribution in [0.1, 0.15) is 27.0 Å². The maximum Gasteiger partial charge on any atom is 0.181 e. The Morgan fingerprint density at radius 3 is 2.37 bits per heavy atom. The Hall–Kier alpha value is -1.19. The van der Waals surface area contributed by atoms with Crippen molar-refractivity contribution < 1.29 is 4.79 Å². The highest BCUT2D eigenvalue weighted by molar-refractivity contribution is 6.01. The summed E-state index contributed by atoms with van der Waals surface area (Å²) < 4.78 is 0. The SMILES string of the molecule is Cc1cc(C)c(C(=O)C2CN(C)CCN2C)cc1C. The predicted molar refractivity (Wildman–Crippen MR) is 78.9 cm³/mol. The second-order valence-corrected chi connectivity index (χ2v) is 5.87. The number of benzene rings is 1. The largest absolute Gasteiger partial charge is 0.303 e. The topological polar surface area (TPSA) is 23.6 Å². The van der Waals surface area contributed by atoms with Crippen LogP contribution >= 0.6 is 0 Å². The van der Waals surface area contributed by atoms with Crippen LogP contribution in [0.15, 0.2) is 12.1 Å². The Kier molecular flexibility index (Phi) is 4.07. The molecule has 0 spiro atoms. The highest BCUT2D eigenvalue weighted by Gasteiger charge is 2.29. The van der Waals surface area contributed by atoms with Gasteiger partial charge in [-0.1, -0.05) is 6.07 Å². The van der Waals surface area contributed by atoms with Crippen molar-refractivity contribution in [2.24, 2.45) is 0 Å². The molecule has 1 unspecified atom stereocenters. The van der Waals surface area contributed by atoms with Crippen molar-refractivity contribution in [3.8, 4) is 0 Å².